The maximum atomic E-state index is 8.57. The number of oxime groups is 1. The van der Waals surface area contributed by atoms with Gasteiger partial charge in [-0.15, -0.1) is 0 Å². The number of halogens is 1. The molecule has 0 aliphatic heterocycles. The highest BCUT2D eigenvalue weighted by Gasteiger charge is 2.31. The zero-order valence-corrected chi connectivity index (χ0v) is 10.0. The third kappa shape index (κ3) is 2.88. The molecule has 0 aromatic carbocycles. The van der Waals surface area contributed by atoms with E-state index >= 15 is 0 Å². The third-order valence-corrected chi connectivity index (χ3v) is 3.77. The minimum absolute atomic E-state index is 0.292. The van der Waals surface area contributed by atoms with Crippen LogP contribution >= 0.6 is 11.6 Å². The molecule has 0 aromatic heterocycles. The fourth-order valence-electron chi connectivity index (χ4n) is 2.28. The molecule has 0 aromatic rings. The number of hydrogen-bond acceptors (Lipinski definition) is 2. The van der Waals surface area contributed by atoms with Crippen molar-refractivity contribution in [1.29, 1.82) is 0 Å². The van der Waals surface area contributed by atoms with Crippen molar-refractivity contribution < 1.29 is 5.21 Å². The fourth-order valence-corrected chi connectivity index (χ4v) is 2.50. The molecule has 0 unspecified atom stereocenters. The van der Waals surface area contributed by atoms with Crippen LogP contribution in [0.5, 0.6) is 0 Å². The normalized spacial score (nSPS) is 30.4. The van der Waals surface area contributed by atoms with E-state index in [9.17, 15) is 0 Å². The predicted octanol–water partition coefficient (Wildman–Crippen LogP) is 3.87. The standard InChI is InChI=1S/C11H20ClNO/c1-11(2,3)9-6-4-8(5-7-9)10(12)13-14/h8-9,14H,4-7H2,1-3H3. The van der Waals surface area contributed by atoms with Gasteiger partial charge in [-0.05, 0) is 37.0 Å². The summed E-state index contributed by atoms with van der Waals surface area (Å²) in [6, 6.07) is 0. The average Bonchev–Trinajstić information content (AvgIpc) is 2.15. The van der Waals surface area contributed by atoms with E-state index in [0.717, 1.165) is 18.8 Å². The molecule has 0 radical (unpaired) electrons. The predicted molar refractivity (Wildman–Crippen MR) is 60.0 cm³/mol. The minimum Gasteiger partial charge on any atom is -0.410 e. The summed E-state index contributed by atoms with van der Waals surface area (Å²) < 4.78 is 0. The molecule has 2 nitrogen and oxygen atoms in total. The second-order valence-corrected chi connectivity index (χ2v) is 5.72. The van der Waals surface area contributed by atoms with Gasteiger partial charge in [0.2, 0.25) is 0 Å². The Morgan fingerprint density at radius 1 is 1.21 bits per heavy atom. The summed E-state index contributed by atoms with van der Waals surface area (Å²) in [5.41, 5.74) is 0.397. The average molecular weight is 218 g/mol. The van der Waals surface area contributed by atoms with Gasteiger partial charge in [0.1, 0.15) is 5.17 Å². The molecule has 0 amide bonds. The van der Waals surface area contributed by atoms with Crippen LogP contribution in [0.4, 0.5) is 0 Å². The smallest absolute Gasteiger partial charge is 0.148 e. The lowest BCUT2D eigenvalue weighted by atomic mass is 9.70. The Morgan fingerprint density at radius 3 is 2.07 bits per heavy atom. The van der Waals surface area contributed by atoms with Crippen molar-refractivity contribution in [3.8, 4) is 0 Å². The van der Waals surface area contributed by atoms with Gasteiger partial charge in [-0.25, -0.2) is 0 Å². The van der Waals surface area contributed by atoms with E-state index in [1.165, 1.54) is 12.8 Å². The van der Waals surface area contributed by atoms with Crippen molar-refractivity contribution >= 4 is 16.8 Å². The Kier molecular flexibility index (Phi) is 3.82. The van der Waals surface area contributed by atoms with E-state index in [1.807, 2.05) is 0 Å². The fraction of sp³-hybridized carbons (Fsp3) is 0.909. The SMILES string of the molecule is CC(C)(C)C1CCC(C(Cl)=NO)CC1. The molecule has 1 N–H and O–H groups in total. The second kappa shape index (κ2) is 4.52. The lowest BCUT2D eigenvalue weighted by Crippen LogP contribution is -2.27. The Morgan fingerprint density at radius 2 is 1.71 bits per heavy atom. The maximum absolute atomic E-state index is 8.57. The summed E-state index contributed by atoms with van der Waals surface area (Å²) in [4.78, 5) is 0. The maximum Gasteiger partial charge on any atom is 0.148 e. The van der Waals surface area contributed by atoms with E-state index in [4.69, 9.17) is 16.8 Å². The van der Waals surface area contributed by atoms with Crippen LogP contribution in [0.1, 0.15) is 46.5 Å². The van der Waals surface area contributed by atoms with Gasteiger partial charge in [0, 0.05) is 5.92 Å². The molecule has 0 saturated heterocycles. The van der Waals surface area contributed by atoms with Crippen molar-refractivity contribution in [1.82, 2.24) is 0 Å². The molecule has 14 heavy (non-hydrogen) atoms. The molecule has 0 heterocycles. The Labute approximate surface area is 91.3 Å². The van der Waals surface area contributed by atoms with Gasteiger partial charge < -0.3 is 5.21 Å². The third-order valence-electron chi connectivity index (χ3n) is 3.38. The highest BCUT2D eigenvalue weighted by Crippen LogP contribution is 2.40. The van der Waals surface area contributed by atoms with Crippen molar-refractivity contribution in [3.05, 3.63) is 0 Å². The Balaban J connectivity index is 2.47. The summed E-state index contributed by atoms with van der Waals surface area (Å²) in [5, 5.41) is 12.0. The van der Waals surface area contributed by atoms with Crippen LogP contribution in [-0.4, -0.2) is 10.4 Å². The molecule has 3 heteroatoms. The van der Waals surface area contributed by atoms with Gasteiger partial charge in [-0.1, -0.05) is 37.5 Å². The molecule has 1 aliphatic carbocycles. The Hall–Kier alpha value is -0.240. The molecule has 0 bridgehead atoms. The monoisotopic (exact) mass is 217 g/mol. The molecular weight excluding hydrogens is 198 g/mol. The van der Waals surface area contributed by atoms with Crippen molar-refractivity contribution in [2.75, 3.05) is 0 Å². The summed E-state index contributed by atoms with van der Waals surface area (Å²) in [6.07, 6.45) is 4.51. The van der Waals surface area contributed by atoms with E-state index in [2.05, 4.69) is 25.9 Å². The van der Waals surface area contributed by atoms with E-state index < -0.39 is 0 Å². The lowest BCUT2D eigenvalue weighted by Gasteiger charge is -2.36. The number of rotatable bonds is 1. The number of hydrogen-bond donors (Lipinski definition) is 1. The van der Waals surface area contributed by atoms with E-state index in [-0.39, 0.29) is 0 Å². The Bertz CT molecular complexity index is 212. The van der Waals surface area contributed by atoms with Crippen LogP contribution in [0.2, 0.25) is 0 Å². The molecule has 82 valence electrons. The minimum atomic E-state index is 0.292. The van der Waals surface area contributed by atoms with Crippen LogP contribution in [0.3, 0.4) is 0 Å². The summed E-state index contributed by atoms with van der Waals surface area (Å²) >= 11 is 5.81. The van der Waals surface area contributed by atoms with E-state index in [0.29, 0.717) is 16.5 Å². The molecule has 0 spiro atoms. The summed E-state index contributed by atoms with van der Waals surface area (Å²) in [5.74, 6) is 1.07. The summed E-state index contributed by atoms with van der Waals surface area (Å²) in [6.45, 7) is 6.87. The van der Waals surface area contributed by atoms with Crippen molar-refractivity contribution in [3.63, 3.8) is 0 Å². The van der Waals surface area contributed by atoms with Crippen LogP contribution < -0.4 is 0 Å². The first-order valence-corrected chi connectivity index (χ1v) is 5.70. The van der Waals surface area contributed by atoms with Crippen LogP contribution in [0.15, 0.2) is 5.16 Å². The molecule has 1 rings (SSSR count). The van der Waals surface area contributed by atoms with Gasteiger partial charge in [0.25, 0.3) is 0 Å². The van der Waals surface area contributed by atoms with Crippen molar-refractivity contribution in [2.24, 2.45) is 22.4 Å². The second-order valence-electron chi connectivity index (χ2n) is 5.34. The van der Waals surface area contributed by atoms with Crippen LogP contribution in [0.25, 0.3) is 0 Å². The first-order chi connectivity index (χ1) is 6.45. The zero-order chi connectivity index (χ0) is 10.8. The van der Waals surface area contributed by atoms with Gasteiger partial charge in [-0.3, -0.25) is 0 Å². The number of nitrogens with zero attached hydrogens (tertiary/aromatic N) is 1. The molecule has 0 atom stereocenters. The summed E-state index contributed by atoms with van der Waals surface area (Å²) in [7, 11) is 0. The van der Waals surface area contributed by atoms with Gasteiger partial charge in [0.15, 0.2) is 0 Å². The van der Waals surface area contributed by atoms with Crippen molar-refractivity contribution in [2.45, 2.75) is 46.5 Å². The highest BCUT2D eigenvalue weighted by molar-refractivity contribution is 6.65. The lowest BCUT2D eigenvalue weighted by molar-refractivity contribution is 0.166. The first kappa shape index (κ1) is 11.8. The molecule has 1 fully saturated rings. The van der Waals surface area contributed by atoms with Gasteiger partial charge in [-0.2, -0.15) is 0 Å². The molecular formula is C11H20ClNO. The van der Waals surface area contributed by atoms with Crippen LogP contribution in [0, 0.1) is 17.3 Å². The topological polar surface area (TPSA) is 32.6 Å². The zero-order valence-electron chi connectivity index (χ0n) is 9.26. The van der Waals surface area contributed by atoms with Gasteiger partial charge in [0.05, 0.1) is 0 Å². The quantitative estimate of drug-likeness (QED) is 0.404. The van der Waals surface area contributed by atoms with Crippen LogP contribution in [-0.2, 0) is 0 Å². The largest absolute Gasteiger partial charge is 0.410 e. The van der Waals surface area contributed by atoms with Gasteiger partial charge >= 0.3 is 0 Å². The first-order valence-electron chi connectivity index (χ1n) is 5.32. The molecule has 1 saturated carbocycles. The van der Waals surface area contributed by atoms with E-state index in [1.54, 1.807) is 0 Å². The highest BCUT2D eigenvalue weighted by atomic mass is 35.5. The molecule has 1 aliphatic rings.